The maximum Gasteiger partial charge on any atom is 0.306 e. The summed E-state index contributed by atoms with van der Waals surface area (Å²) in [7, 11) is 0. The molecule has 1 aromatic heterocycles. The molecule has 0 N–H and O–H groups in total. The number of pyridine rings is 1. The Morgan fingerprint density at radius 1 is 0.872 bits per heavy atom. The quantitative estimate of drug-likeness (QED) is 0.209. The number of hydrogen-bond acceptors (Lipinski definition) is 4. The molecule has 0 spiro atoms. The van der Waals surface area contributed by atoms with E-state index in [0.29, 0.717) is 54.1 Å². The van der Waals surface area contributed by atoms with Crippen molar-refractivity contribution in [3.8, 4) is 0 Å². The van der Waals surface area contributed by atoms with E-state index in [4.69, 9.17) is 4.74 Å². The summed E-state index contributed by atoms with van der Waals surface area (Å²) in [5, 5.41) is 0. The second kappa shape index (κ2) is 12.1. The molecular formula is C43H65NO3. The van der Waals surface area contributed by atoms with E-state index in [9.17, 15) is 9.59 Å². The Labute approximate surface area is 286 Å². The minimum Gasteiger partial charge on any atom is -0.462 e. The van der Waals surface area contributed by atoms with E-state index < -0.39 is 0 Å². The molecule has 5 aliphatic carbocycles. The van der Waals surface area contributed by atoms with Gasteiger partial charge in [-0.2, -0.15) is 0 Å². The fourth-order valence-corrected chi connectivity index (χ4v) is 13.6. The van der Waals surface area contributed by atoms with Crippen molar-refractivity contribution in [2.45, 2.75) is 151 Å². The van der Waals surface area contributed by atoms with Gasteiger partial charge in [0.05, 0.1) is 0 Å². The minimum atomic E-state index is -0.221. The highest BCUT2D eigenvalue weighted by Gasteiger charge is 2.72. The van der Waals surface area contributed by atoms with Gasteiger partial charge in [-0.15, -0.1) is 0 Å². The van der Waals surface area contributed by atoms with Crippen LogP contribution in [0.4, 0.5) is 0 Å². The third kappa shape index (κ3) is 5.31. The van der Waals surface area contributed by atoms with E-state index in [0.717, 1.165) is 44.2 Å². The molecule has 1 aromatic rings. The molecule has 5 fully saturated rings. The lowest BCUT2D eigenvalue weighted by Gasteiger charge is -2.73. The van der Waals surface area contributed by atoms with Crippen molar-refractivity contribution >= 4 is 11.8 Å². The third-order valence-corrected chi connectivity index (χ3v) is 16.1. The molecule has 4 nitrogen and oxygen atoms in total. The van der Waals surface area contributed by atoms with Gasteiger partial charge in [-0.3, -0.25) is 14.6 Å². The number of carbonyl (C=O) groups excluding carboxylic acids is 2. The fourth-order valence-electron chi connectivity index (χ4n) is 13.6. The lowest BCUT2D eigenvalue weighted by atomic mass is 9.32. The minimum absolute atomic E-state index is 0.00714. The number of hydrogen-bond donors (Lipinski definition) is 0. The number of nitrogens with zero attached hydrogens (tertiary/aromatic N) is 1. The van der Waals surface area contributed by atoms with Crippen molar-refractivity contribution < 1.29 is 14.3 Å². The number of rotatable bonds is 8. The van der Waals surface area contributed by atoms with Crippen LogP contribution in [0.15, 0.2) is 36.5 Å². The zero-order valence-corrected chi connectivity index (χ0v) is 31.3. The highest BCUT2D eigenvalue weighted by molar-refractivity contribution is 5.86. The topological polar surface area (TPSA) is 56.3 Å². The van der Waals surface area contributed by atoms with E-state index in [1.54, 1.807) is 0 Å². The van der Waals surface area contributed by atoms with Gasteiger partial charge in [-0.25, -0.2) is 0 Å². The first-order valence-electron chi connectivity index (χ1n) is 19.3. The van der Waals surface area contributed by atoms with Crippen molar-refractivity contribution in [3.05, 3.63) is 42.2 Å². The molecule has 0 aromatic carbocycles. The maximum atomic E-state index is 14.7. The number of esters is 1. The fraction of sp³-hybridized carbons (Fsp3) is 0.791. The first kappa shape index (κ1) is 34.9. The van der Waals surface area contributed by atoms with Crippen LogP contribution in [0.25, 0.3) is 0 Å². The summed E-state index contributed by atoms with van der Waals surface area (Å²) in [5.74, 6) is 3.54. The molecule has 0 saturated heterocycles. The highest BCUT2D eigenvalue weighted by Crippen LogP contribution is 2.77. The summed E-state index contributed by atoms with van der Waals surface area (Å²) in [6.07, 6.45) is 14.4. The van der Waals surface area contributed by atoms with Crippen LogP contribution in [-0.4, -0.2) is 22.8 Å². The van der Waals surface area contributed by atoms with Gasteiger partial charge in [0, 0.05) is 41.5 Å². The Morgan fingerprint density at radius 2 is 1.62 bits per heavy atom. The second-order valence-corrected chi connectivity index (χ2v) is 19.1. The van der Waals surface area contributed by atoms with Gasteiger partial charge in [0.2, 0.25) is 0 Å². The summed E-state index contributed by atoms with van der Waals surface area (Å²) in [5.41, 5.74) is 2.74. The van der Waals surface area contributed by atoms with Crippen molar-refractivity contribution in [3.63, 3.8) is 0 Å². The molecular weight excluding hydrogens is 578 g/mol. The van der Waals surface area contributed by atoms with Crippen LogP contribution in [0.3, 0.4) is 0 Å². The Bertz CT molecular complexity index is 1370. The molecule has 0 aliphatic heterocycles. The lowest BCUT2D eigenvalue weighted by Crippen LogP contribution is -2.67. The molecule has 47 heavy (non-hydrogen) atoms. The normalized spacial score (nSPS) is 42.8. The number of fused-ring (bicyclic) bond motifs is 7. The van der Waals surface area contributed by atoms with Crippen LogP contribution in [-0.2, 0) is 14.3 Å². The summed E-state index contributed by atoms with van der Waals surface area (Å²) >= 11 is 0. The van der Waals surface area contributed by atoms with Crippen molar-refractivity contribution in [1.82, 2.24) is 4.98 Å². The number of ether oxygens (including phenoxy) is 1. The smallest absolute Gasteiger partial charge is 0.306 e. The molecule has 0 radical (unpaired) electrons. The maximum absolute atomic E-state index is 14.7. The number of ketones is 1. The van der Waals surface area contributed by atoms with Crippen LogP contribution in [0.1, 0.15) is 151 Å². The molecule has 5 unspecified atom stereocenters. The zero-order chi connectivity index (χ0) is 34.2. The molecule has 6 rings (SSSR count). The lowest BCUT2D eigenvalue weighted by molar-refractivity contribution is -0.249. The van der Waals surface area contributed by atoms with E-state index in [2.05, 4.69) is 79.9 Å². The van der Waals surface area contributed by atoms with E-state index >= 15 is 0 Å². The first-order valence-corrected chi connectivity index (χ1v) is 19.3. The zero-order valence-electron chi connectivity index (χ0n) is 31.3. The van der Waals surface area contributed by atoms with Crippen LogP contribution < -0.4 is 0 Å². The third-order valence-electron chi connectivity index (χ3n) is 16.1. The van der Waals surface area contributed by atoms with Crippen molar-refractivity contribution in [2.75, 3.05) is 0 Å². The van der Waals surface area contributed by atoms with Crippen molar-refractivity contribution in [2.24, 2.45) is 62.6 Å². The second-order valence-electron chi connectivity index (χ2n) is 19.1. The highest BCUT2D eigenvalue weighted by atomic mass is 16.5. The molecule has 260 valence electrons. The molecule has 5 aliphatic rings. The number of Topliss-reactive ketones (excluding diaryl/α,β-unsaturated/α-hetero) is 1. The predicted molar refractivity (Wildman–Crippen MR) is 191 cm³/mol. The average Bonchev–Trinajstić information content (AvgIpc) is 3.40. The Balaban J connectivity index is 1.29. The van der Waals surface area contributed by atoms with Gasteiger partial charge in [0.1, 0.15) is 11.9 Å². The Kier molecular flexibility index (Phi) is 8.99. The van der Waals surface area contributed by atoms with Crippen LogP contribution in [0.5, 0.6) is 0 Å². The monoisotopic (exact) mass is 643 g/mol. The van der Waals surface area contributed by atoms with Crippen LogP contribution >= 0.6 is 0 Å². The molecule has 5 saturated carbocycles. The summed E-state index contributed by atoms with van der Waals surface area (Å²) in [6.45, 7) is 26.0. The van der Waals surface area contributed by atoms with E-state index in [1.165, 1.54) is 31.3 Å². The van der Waals surface area contributed by atoms with Gasteiger partial charge in [-0.1, -0.05) is 73.6 Å². The molecule has 1 heterocycles. The first-order chi connectivity index (χ1) is 22.0. The summed E-state index contributed by atoms with van der Waals surface area (Å²) < 4.78 is 6.27. The number of allylic oxidation sites excluding steroid dienone is 1. The van der Waals surface area contributed by atoms with Gasteiger partial charge >= 0.3 is 5.97 Å². The van der Waals surface area contributed by atoms with E-state index in [-0.39, 0.29) is 45.1 Å². The number of carbonyl (C=O) groups is 2. The summed E-state index contributed by atoms with van der Waals surface area (Å²) in [4.78, 5) is 32.1. The van der Waals surface area contributed by atoms with Crippen LogP contribution in [0, 0.1) is 62.6 Å². The van der Waals surface area contributed by atoms with Crippen molar-refractivity contribution in [1.29, 1.82) is 0 Å². The summed E-state index contributed by atoms with van der Waals surface area (Å²) in [6, 6.07) is 6.09. The standard InChI is InChI=1S/C43H65NO3/c1-27(2)25-37(46)47-36-18-19-40(8)33(39(36,6)7)17-20-42(10)34(40)15-14-31-38-30(28(3)4)16-21-43(38,23-22-41(31,42)9)35(45)26-29(5)32-13-11-12-24-44-32/h11-13,24,27,29-31,33-34,36,38H,3,14-23,25-26H2,1-2,4-10H3/t29-,30+,31?,33?,34?,36?,38?,40+,41-,42-,43-/m1/s1. The molecule has 11 atom stereocenters. The molecule has 4 heteroatoms. The molecule has 0 amide bonds. The number of aromatic nitrogens is 1. The van der Waals surface area contributed by atoms with Gasteiger partial charge in [0.15, 0.2) is 0 Å². The van der Waals surface area contributed by atoms with Gasteiger partial charge in [0.25, 0.3) is 0 Å². The van der Waals surface area contributed by atoms with E-state index in [1.807, 2.05) is 18.3 Å². The van der Waals surface area contributed by atoms with Gasteiger partial charge in [-0.05, 0) is 135 Å². The largest absolute Gasteiger partial charge is 0.462 e. The predicted octanol–water partition coefficient (Wildman–Crippen LogP) is 10.8. The average molecular weight is 644 g/mol. The Hall–Kier alpha value is -1.97. The van der Waals surface area contributed by atoms with Gasteiger partial charge < -0.3 is 4.74 Å². The molecule has 0 bridgehead atoms. The van der Waals surface area contributed by atoms with Crippen LogP contribution in [0.2, 0.25) is 0 Å². The SMILES string of the molecule is C=C(C)[C@@H]1CC[C@]2(C(=O)C[C@@H](C)c3ccccn3)CC[C@]3(C)C(CCC4[C@@]5(C)CCC(OC(=O)CC(C)C)C(C)(C)C5CC[C@]43C)C12. The Morgan fingerprint density at radius 3 is 2.28 bits per heavy atom.